The van der Waals surface area contributed by atoms with Crippen molar-refractivity contribution in [1.82, 2.24) is 0 Å². The summed E-state index contributed by atoms with van der Waals surface area (Å²) in [6.45, 7) is 2.03. The molecule has 2 aromatic carbocycles. The van der Waals surface area contributed by atoms with Crippen LogP contribution in [0.5, 0.6) is 5.75 Å². The van der Waals surface area contributed by atoms with Crippen molar-refractivity contribution in [3.05, 3.63) is 47.8 Å². The molecule has 0 fully saturated rings. The fourth-order valence-corrected chi connectivity index (χ4v) is 2.35. The smallest absolute Gasteiger partial charge is 0.131 e. The van der Waals surface area contributed by atoms with E-state index in [9.17, 15) is 4.39 Å². The van der Waals surface area contributed by atoms with Crippen molar-refractivity contribution in [2.45, 2.75) is 19.4 Å². The van der Waals surface area contributed by atoms with Crippen LogP contribution in [-0.4, -0.2) is 6.10 Å². The van der Waals surface area contributed by atoms with Gasteiger partial charge in [-0.1, -0.05) is 6.07 Å². The monoisotopic (exact) mass is 243 g/mol. The summed E-state index contributed by atoms with van der Waals surface area (Å²) in [6, 6.07) is 10.4. The van der Waals surface area contributed by atoms with Crippen LogP contribution in [0.25, 0.3) is 11.1 Å². The zero-order valence-electron chi connectivity index (χ0n) is 10.1. The Kier molecular flexibility index (Phi) is 2.47. The summed E-state index contributed by atoms with van der Waals surface area (Å²) < 4.78 is 19.4. The minimum absolute atomic E-state index is 0.195. The highest BCUT2D eigenvalue weighted by molar-refractivity contribution is 5.70. The second-order valence-corrected chi connectivity index (χ2v) is 4.69. The first-order valence-electron chi connectivity index (χ1n) is 5.98. The SMILES string of the molecule is CC1Cc2cc(-c3cc(N)ccc3F)ccc2O1. The molecule has 0 spiro atoms. The molecule has 1 atom stereocenters. The third-order valence-electron chi connectivity index (χ3n) is 3.20. The van der Waals surface area contributed by atoms with Crippen molar-refractivity contribution in [2.24, 2.45) is 0 Å². The lowest BCUT2D eigenvalue weighted by Gasteiger charge is -2.07. The minimum Gasteiger partial charge on any atom is -0.490 e. The van der Waals surface area contributed by atoms with Gasteiger partial charge in [0, 0.05) is 17.7 Å². The predicted octanol–water partition coefficient (Wildman–Crippen LogP) is 3.40. The van der Waals surface area contributed by atoms with Gasteiger partial charge in [-0.05, 0) is 48.4 Å². The molecule has 0 aromatic heterocycles. The lowest BCUT2D eigenvalue weighted by atomic mass is 10.0. The zero-order chi connectivity index (χ0) is 12.7. The molecule has 3 heteroatoms. The Morgan fingerprint density at radius 1 is 1.22 bits per heavy atom. The number of nitrogens with two attached hydrogens (primary N) is 1. The minimum atomic E-state index is -0.254. The molecule has 0 saturated carbocycles. The van der Waals surface area contributed by atoms with Gasteiger partial charge in [-0.2, -0.15) is 0 Å². The number of rotatable bonds is 1. The highest BCUT2D eigenvalue weighted by Crippen LogP contribution is 2.34. The van der Waals surface area contributed by atoms with Crippen LogP contribution in [0.15, 0.2) is 36.4 Å². The van der Waals surface area contributed by atoms with Crippen LogP contribution in [0.3, 0.4) is 0 Å². The maximum Gasteiger partial charge on any atom is 0.131 e. The van der Waals surface area contributed by atoms with Crippen molar-refractivity contribution in [3.63, 3.8) is 0 Å². The van der Waals surface area contributed by atoms with E-state index < -0.39 is 0 Å². The summed E-state index contributed by atoms with van der Waals surface area (Å²) in [5.74, 6) is 0.645. The van der Waals surface area contributed by atoms with Crippen molar-refractivity contribution in [1.29, 1.82) is 0 Å². The van der Waals surface area contributed by atoms with Crippen molar-refractivity contribution >= 4 is 5.69 Å². The molecule has 1 aliphatic heterocycles. The number of anilines is 1. The molecular weight excluding hydrogens is 229 g/mol. The first-order chi connectivity index (χ1) is 8.63. The summed E-state index contributed by atoms with van der Waals surface area (Å²) in [4.78, 5) is 0. The fourth-order valence-electron chi connectivity index (χ4n) is 2.35. The molecule has 0 bridgehead atoms. The van der Waals surface area contributed by atoms with Gasteiger partial charge in [-0.3, -0.25) is 0 Å². The van der Waals surface area contributed by atoms with Gasteiger partial charge in [0.15, 0.2) is 0 Å². The number of hydrogen-bond acceptors (Lipinski definition) is 2. The fraction of sp³-hybridized carbons (Fsp3) is 0.200. The molecule has 92 valence electrons. The van der Waals surface area contributed by atoms with E-state index in [4.69, 9.17) is 10.5 Å². The summed E-state index contributed by atoms with van der Waals surface area (Å²) in [5.41, 5.74) is 8.78. The van der Waals surface area contributed by atoms with E-state index >= 15 is 0 Å². The Balaban J connectivity index is 2.08. The average molecular weight is 243 g/mol. The van der Waals surface area contributed by atoms with Crippen molar-refractivity contribution in [2.75, 3.05) is 5.73 Å². The van der Waals surface area contributed by atoms with Crippen LogP contribution >= 0.6 is 0 Å². The van der Waals surface area contributed by atoms with E-state index in [1.165, 1.54) is 6.07 Å². The number of fused-ring (bicyclic) bond motifs is 1. The van der Waals surface area contributed by atoms with E-state index in [1.807, 2.05) is 25.1 Å². The van der Waals surface area contributed by atoms with E-state index in [0.29, 0.717) is 11.3 Å². The van der Waals surface area contributed by atoms with E-state index in [2.05, 4.69) is 0 Å². The molecule has 0 radical (unpaired) electrons. The summed E-state index contributed by atoms with van der Waals surface area (Å²) >= 11 is 0. The molecule has 0 amide bonds. The van der Waals surface area contributed by atoms with Crippen LogP contribution in [0.1, 0.15) is 12.5 Å². The van der Waals surface area contributed by atoms with Crippen LogP contribution in [0, 0.1) is 5.82 Å². The standard InChI is InChI=1S/C15H14FNO/c1-9-6-11-7-10(2-5-15(11)18-9)13-8-12(17)3-4-14(13)16/h2-5,7-9H,6,17H2,1H3. The molecule has 0 aliphatic carbocycles. The largest absolute Gasteiger partial charge is 0.490 e. The normalized spacial score (nSPS) is 17.3. The van der Waals surface area contributed by atoms with Gasteiger partial charge in [0.2, 0.25) is 0 Å². The highest BCUT2D eigenvalue weighted by atomic mass is 19.1. The maximum atomic E-state index is 13.8. The lowest BCUT2D eigenvalue weighted by Crippen LogP contribution is -2.05. The van der Waals surface area contributed by atoms with Crippen molar-refractivity contribution < 1.29 is 9.13 Å². The van der Waals surface area contributed by atoms with E-state index in [1.54, 1.807) is 12.1 Å². The van der Waals surface area contributed by atoms with Crippen LogP contribution in [-0.2, 0) is 6.42 Å². The second kappa shape index (κ2) is 4.02. The molecule has 0 saturated heterocycles. The van der Waals surface area contributed by atoms with Crippen molar-refractivity contribution in [3.8, 4) is 16.9 Å². The quantitative estimate of drug-likeness (QED) is 0.779. The third-order valence-corrected chi connectivity index (χ3v) is 3.20. The van der Waals surface area contributed by atoms with Gasteiger partial charge in [-0.25, -0.2) is 4.39 Å². The first kappa shape index (κ1) is 11.1. The molecular formula is C15H14FNO. The predicted molar refractivity (Wildman–Crippen MR) is 70.0 cm³/mol. The summed E-state index contributed by atoms with van der Waals surface area (Å²) in [6.07, 6.45) is 1.06. The second-order valence-electron chi connectivity index (χ2n) is 4.69. The van der Waals surface area contributed by atoms with E-state index in [-0.39, 0.29) is 11.9 Å². The van der Waals surface area contributed by atoms with Gasteiger partial charge >= 0.3 is 0 Å². The van der Waals surface area contributed by atoms with Gasteiger partial charge < -0.3 is 10.5 Å². The Morgan fingerprint density at radius 2 is 2.06 bits per heavy atom. The van der Waals surface area contributed by atoms with Gasteiger partial charge in [0.25, 0.3) is 0 Å². The lowest BCUT2D eigenvalue weighted by molar-refractivity contribution is 0.254. The average Bonchev–Trinajstić information content (AvgIpc) is 2.71. The number of ether oxygens (including phenoxy) is 1. The molecule has 2 N–H and O–H groups in total. The maximum absolute atomic E-state index is 13.8. The molecule has 1 aliphatic rings. The Hall–Kier alpha value is -2.03. The number of benzene rings is 2. The zero-order valence-corrected chi connectivity index (χ0v) is 10.1. The molecule has 2 nitrogen and oxygen atoms in total. The van der Waals surface area contributed by atoms with Crippen LogP contribution < -0.4 is 10.5 Å². The summed E-state index contributed by atoms with van der Waals surface area (Å²) in [5, 5.41) is 0. The van der Waals surface area contributed by atoms with E-state index in [0.717, 1.165) is 23.3 Å². The Morgan fingerprint density at radius 3 is 2.89 bits per heavy atom. The Bertz CT molecular complexity index is 609. The highest BCUT2D eigenvalue weighted by Gasteiger charge is 2.19. The summed E-state index contributed by atoms with van der Waals surface area (Å²) in [7, 11) is 0. The molecule has 1 heterocycles. The number of halogens is 1. The Labute approximate surface area is 105 Å². The van der Waals surface area contributed by atoms with Crippen LogP contribution in [0.2, 0.25) is 0 Å². The molecule has 1 unspecified atom stereocenters. The first-order valence-corrected chi connectivity index (χ1v) is 5.98. The molecule has 2 aromatic rings. The topological polar surface area (TPSA) is 35.2 Å². The van der Waals surface area contributed by atoms with Gasteiger partial charge in [-0.15, -0.1) is 0 Å². The number of hydrogen-bond donors (Lipinski definition) is 1. The van der Waals surface area contributed by atoms with Gasteiger partial charge in [0.1, 0.15) is 17.7 Å². The van der Waals surface area contributed by atoms with Gasteiger partial charge in [0.05, 0.1) is 0 Å². The molecule has 18 heavy (non-hydrogen) atoms. The van der Waals surface area contributed by atoms with Crippen LogP contribution in [0.4, 0.5) is 10.1 Å². The third kappa shape index (κ3) is 1.82. The molecule has 3 rings (SSSR count). The number of nitrogen functional groups attached to an aromatic ring is 1.